The van der Waals surface area contributed by atoms with Crippen molar-refractivity contribution in [3.63, 3.8) is 0 Å². The van der Waals surface area contributed by atoms with E-state index in [1.165, 1.54) is 24.0 Å². The van der Waals surface area contributed by atoms with Gasteiger partial charge in [0.2, 0.25) is 0 Å². The molecule has 0 unspecified atom stereocenters. The number of benzene rings is 1. The van der Waals surface area contributed by atoms with E-state index in [0.717, 1.165) is 69.9 Å². The average molecular weight is 517 g/mol. The number of nitrogens with one attached hydrogen (secondary N) is 1. The van der Waals surface area contributed by atoms with Crippen LogP contribution >= 0.6 is 24.0 Å². The predicted octanol–water partition coefficient (Wildman–Crippen LogP) is 3.48. The summed E-state index contributed by atoms with van der Waals surface area (Å²) in [5.74, 6) is 1.30. The standard InChI is InChI=1S/C22H35N3O3.HI/c1-23-22(25-12-10-18(11-13-25)28-15-5-14-27-2)24-16-20-19-7-4-3-6-17(19)8-9-21(20)26;/h8-9,18,26H,3-7,10-16H2,1-2H3,(H,23,24);1H. The maximum atomic E-state index is 10.4. The van der Waals surface area contributed by atoms with E-state index in [-0.39, 0.29) is 24.0 Å². The summed E-state index contributed by atoms with van der Waals surface area (Å²) < 4.78 is 11.0. The Kier molecular flexibility index (Phi) is 10.5. The fourth-order valence-electron chi connectivity index (χ4n) is 4.28. The summed E-state index contributed by atoms with van der Waals surface area (Å²) in [4.78, 5) is 6.77. The van der Waals surface area contributed by atoms with Crippen LogP contribution in [0.5, 0.6) is 5.75 Å². The third-order valence-corrected chi connectivity index (χ3v) is 5.85. The van der Waals surface area contributed by atoms with E-state index in [1.54, 1.807) is 7.11 Å². The molecule has 1 aliphatic carbocycles. The molecule has 6 nitrogen and oxygen atoms in total. The summed E-state index contributed by atoms with van der Waals surface area (Å²) in [6.45, 7) is 4.02. The minimum absolute atomic E-state index is 0. The third kappa shape index (κ3) is 6.72. The van der Waals surface area contributed by atoms with Gasteiger partial charge in [0, 0.05) is 52.6 Å². The Morgan fingerprint density at radius 1 is 1.21 bits per heavy atom. The maximum Gasteiger partial charge on any atom is 0.193 e. The molecule has 0 bridgehead atoms. The number of phenols is 1. The summed E-state index contributed by atoms with van der Waals surface area (Å²) in [7, 11) is 3.55. The first-order valence-electron chi connectivity index (χ1n) is 10.6. The molecule has 1 aromatic carbocycles. The molecule has 1 heterocycles. The number of likely N-dealkylation sites (tertiary alicyclic amines) is 1. The van der Waals surface area contributed by atoms with E-state index in [9.17, 15) is 5.11 Å². The van der Waals surface area contributed by atoms with Crippen molar-refractivity contribution in [3.8, 4) is 5.75 Å². The Morgan fingerprint density at radius 3 is 2.69 bits per heavy atom. The lowest BCUT2D eigenvalue weighted by Crippen LogP contribution is -2.46. The molecule has 1 aliphatic heterocycles. The molecule has 7 heteroatoms. The zero-order chi connectivity index (χ0) is 19.8. The van der Waals surface area contributed by atoms with Gasteiger partial charge in [-0.15, -0.1) is 24.0 Å². The van der Waals surface area contributed by atoms with Gasteiger partial charge in [0.1, 0.15) is 5.75 Å². The van der Waals surface area contributed by atoms with Crippen molar-refractivity contribution < 1.29 is 14.6 Å². The van der Waals surface area contributed by atoms with Crippen LogP contribution in [0.25, 0.3) is 0 Å². The minimum Gasteiger partial charge on any atom is -0.508 e. The first-order valence-corrected chi connectivity index (χ1v) is 10.6. The smallest absolute Gasteiger partial charge is 0.193 e. The summed E-state index contributed by atoms with van der Waals surface area (Å²) in [5, 5.41) is 13.9. The molecular weight excluding hydrogens is 481 g/mol. The van der Waals surface area contributed by atoms with Crippen LogP contribution in [0.4, 0.5) is 0 Å². The number of ether oxygens (including phenoxy) is 2. The van der Waals surface area contributed by atoms with Crippen molar-refractivity contribution in [1.82, 2.24) is 10.2 Å². The van der Waals surface area contributed by atoms with Crippen LogP contribution in [0.1, 0.15) is 48.8 Å². The molecule has 1 fully saturated rings. The number of methoxy groups -OCH3 is 1. The molecule has 0 atom stereocenters. The van der Waals surface area contributed by atoms with Crippen LogP contribution in [0.15, 0.2) is 17.1 Å². The third-order valence-electron chi connectivity index (χ3n) is 5.85. The van der Waals surface area contributed by atoms with Gasteiger partial charge in [-0.1, -0.05) is 6.07 Å². The number of nitrogens with zero attached hydrogens (tertiary/aromatic N) is 2. The molecule has 29 heavy (non-hydrogen) atoms. The fraction of sp³-hybridized carbons (Fsp3) is 0.682. The number of fused-ring (bicyclic) bond motifs is 1. The lowest BCUT2D eigenvalue weighted by molar-refractivity contribution is 0.00989. The molecule has 0 radical (unpaired) electrons. The predicted molar refractivity (Wildman–Crippen MR) is 127 cm³/mol. The Hall–Kier alpha value is -1.06. The Morgan fingerprint density at radius 2 is 1.97 bits per heavy atom. The summed E-state index contributed by atoms with van der Waals surface area (Å²) in [5.41, 5.74) is 3.76. The summed E-state index contributed by atoms with van der Waals surface area (Å²) in [6.07, 6.45) is 7.94. The van der Waals surface area contributed by atoms with Gasteiger partial charge in [-0.05, 0) is 62.1 Å². The first kappa shape index (κ1) is 24.2. The highest BCUT2D eigenvalue weighted by Crippen LogP contribution is 2.30. The van der Waals surface area contributed by atoms with E-state index < -0.39 is 0 Å². The average Bonchev–Trinajstić information content (AvgIpc) is 2.74. The lowest BCUT2D eigenvalue weighted by atomic mass is 9.88. The molecule has 2 aliphatic rings. The second-order valence-electron chi connectivity index (χ2n) is 7.71. The number of hydrogen-bond acceptors (Lipinski definition) is 4. The summed E-state index contributed by atoms with van der Waals surface area (Å²) >= 11 is 0. The van der Waals surface area contributed by atoms with Crippen LogP contribution in [-0.4, -0.2) is 62.5 Å². The van der Waals surface area contributed by atoms with Crippen molar-refractivity contribution in [3.05, 3.63) is 28.8 Å². The molecule has 0 spiro atoms. The number of hydrogen-bond donors (Lipinski definition) is 2. The number of aromatic hydroxyl groups is 1. The number of aliphatic imine (C=N–C) groups is 1. The second-order valence-corrected chi connectivity index (χ2v) is 7.71. The Bertz CT molecular complexity index is 661. The zero-order valence-electron chi connectivity index (χ0n) is 17.8. The second kappa shape index (κ2) is 12.6. The van der Waals surface area contributed by atoms with Gasteiger partial charge in [0.05, 0.1) is 6.10 Å². The van der Waals surface area contributed by atoms with Gasteiger partial charge < -0.3 is 24.8 Å². The highest BCUT2D eigenvalue weighted by Gasteiger charge is 2.23. The number of piperidine rings is 1. The topological polar surface area (TPSA) is 66.3 Å². The van der Waals surface area contributed by atoms with E-state index in [1.807, 2.05) is 13.1 Å². The highest BCUT2D eigenvalue weighted by molar-refractivity contribution is 14.0. The van der Waals surface area contributed by atoms with Crippen molar-refractivity contribution in [2.45, 2.75) is 57.6 Å². The van der Waals surface area contributed by atoms with Gasteiger partial charge >= 0.3 is 0 Å². The quantitative estimate of drug-likeness (QED) is 0.251. The largest absolute Gasteiger partial charge is 0.508 e. The number of halogens is 1. The van der Waals surface area contributed by atoms with Crippen molar-refractivity contribution >= 4 is 29.9 Å². The van der Waals surface area contributed by atoms with E-state index in [0.29, 0.717) is 18.4 Å². The van der Waals surface area contributed by atoms with Gasteiger partial charge in [-0.2, -0.15) is 0 Å². The van der Waals surface area contributed by atoms with E-state index in [2.05, 4.69) is 21.3 Å². The molecular formula is C22H36IN3O3. The zero-order valence-corrected chi connectivity index (χ0v) is 20.1. The van der Waals surface area contributed by atoms with Crippen LogP contribution in [0.2, 0.25) is 0 Å². The number of aryl methyl sites for hydroxylation is 1. The SMILES string of the molecule is CN=C(NCc1c(O)ccc2c1CCCC2)N1CCC(OCCCOC)CC1.I. The lowest BCUT2D eigenvalue weighted by Gasteiger charge is -2.34. The first-order chi connectivity index (χ1) is 13.7. The molecule has 1 aromatic rings. The van der Waals surface area contributed by atoms with Crippen molar-refractivity contribution in [2.75, 3.05) is 40.5 Å². The Labute approximate surface area is 192 Å². The fourth-order valence-corrected chi connectivity index (χ4v) is 4.28. The summed E-state index contributed by atoms with van der Waals surface area (Å²) in [6, 6.07) is 3.93. The highest BCUT2D eigenvalue weighted by atomic mass is 127. The monoisotopic (exact) mass is 517 g/mol. The van der Waals surface area contributed by atoms with E-state index in [4.69, 9.17) is 9.47 Å². The number of rotatable bonds is 7. The van der Waals surface area contributed by atoms with Gasteiger partial charge in [0.15, 0.2) is 5.96 Å². The molecule has 0 amide bonds. The maximum absolute atomic E-state index is 10.4. The Balaban J connectivity index is 0.00000300. The molecule has 3 rings (SSSR count). The number of phenolic OH excluding ortho intramolecular Hbond substituents is 1. The molecule has 164 valence electrons. The number of guanidine groups is 1. The van der Waals surface area contributed by atoms with Crippen molar-refractivity contribution in [2.24, 2.45) is 4.99 Å². The minimum atomic E-state index is 0. The van der Waals surface area contributed by atoms with Crippen LogP contribution < -0.4 is 5.32 Å². The molecule has 0 aromatic heterocycles. The molecule has 2 N–H and O–H groups in total. The van der Waals surface area contributed by atoms with Crippen molar-refractivity contribution in [1.29, 1.82) is 0 Å². The van der Waals surface area contributed by atoms with Crippen LogP contribution in [0, 0.1) is 0 Å². The van der Waals surface area contributed by atoms with E-state index >= 15 is 0 Å². The van der Waals surface area contributed by atoms with Gasteiger partial charge in [0.25, 0.3) is 0 Å². The van der Waals surface area contributed by atoms with Crippen LogP contribution in [-0.2, 0) is 28.9 Å². The molecule has 0 saturated carbocycles. The normalized spacial score (nSPS) is 17.6. The van der Waals surface area contributed by atoms with Gasteiger partial charge in [-0.25, -0.2) is 0 Å². The van der Waals surface area contributed by atoms with Gasteiger partial charge in [-0.3, -0.25) is 4.99 Å². The molecule has 1 saturated heterocycles. The van der Waals surface area contributed by atoms with Crippen LogP contribution in [0.3, 0.4) is 0 Å².